The van der Waals surface area contributed by atoms with Crippen LogP contribution in [0.15, 0.2) is 24.9 Å². The number of carbonyl (C=O) groups excluding carboxylic acids is 1. The zero-order valence-corrected chi connectivity index (χ0v) is 11.2. The maximum Gasteiger partial charge on any atom is 0.276 e. The number of nitrogens with zero attached hydrogens (tertiary/aromatic N) is 4. The van der Waals surface area contributed by atoms with Crippen molar-refractivity contribution >= 4 is 23.2 Å². The molecule has 0 aromatic carbocycles. The first-order valence-electron chi connectivity index (χ1n) is 5.66. The summed E-state index contributed by atoms with van der Waals surface area (Å²) < 4.78 is 0. The van der Waals surface area contributed by atoms with Crippen molar-refractivity contribution in [3.05, 3.63) is 41.5 Å². The summed E-state index contributed by atoms with van der Waals surface area (Å²) in [5, 5.41) is 2.83. The number of hydrogen-bond acceptors (Lipinski definition) is 5. The van der Waals surface area contributed by atoms with Crippen LogP contribution in [0.1, 0.15) is 36.1 Å². The van der Waals surface area contributed by atoms with E-state index in [2.05, 4.69) is 25.3 Å². The largest absolute Gasteiger partial charge is 0.318 e. The smallest absolute Gasteiger partial charge is 0.276 e. The molecule has 7 heteroatoms. The molecule has 98 valence electrons. The molecule has 19 heavy (non-hydrogen) atoms. The minimum Gasteiger partial charge on any atom is -0.318 e. The number of carbonyl (C=O) groups is 1. The molecule has 0 aliphatic carbocycles. The van der Waals surface area contributed by atoms with Gasteiger partial charge in [-0.25, -0.2) is 19.9 Å². The van der Waals surface area contributed by atoms with Gasteiger partial charge >= 0.3 is 0 Å². The highest BCUT2D eigenvalue weighted by atomic mass is 35.5. The van der Waals surface area contributed by atoms with E-state index >= 15 is 0 Å². The maximum atomic E-state index is 12.1. The molecule has 0 bridgehead atoms. The van der Waals surface area contributed by atoms with Gasteiger partial charge in [0.05, 0.1) is 29.3 Å². The summed E-state index contributed by atoms with van der Waals surface area (Å²) in [7, 11) is 0. The van der Waals surface area contributed by atoms with Gasteiger partial charge in [0, 0.05) is 5.92 Å². The summed E-state index contributed by atoms with van der Waals surface area (Å²) >= 11 is 5.94. The fourth-order valence-electron chi connectivity index (χ4n) is 1.37. The van der Waals surface area contributed by atoms with Gasteiger partial charge in [-0.2, -0.15) is 0 Å². The van der Waals surface area contributed by atoms with E-state index in [4.69, 9.17) is 11.6 Å². The summed E-state index contributed by atoms with van der Waals surface area (Å²) in [5.74, 6) is 0.270. The van der Waals surface area contributed by atoms with Gasteiger partial charge in [-0.15, -0.1) is 0 Å². The fourth-order valence-corrected chi connectivity index (χ4v) is 1.55. The van der Waals surface area contributed by atoms with Crippen molar-refractivity contribution in [2.75, 3.05) is 5.32 Å². The summed E-state index contributed by atoms with van der Waals surface area (Å²) in [6.07, 6.45) is 5.79. The van der Waals surface area contributed by atoms with Crippen molar-refractivity contribution in [3.8, 4) is 0 Å². The number of hydrogen-bond donors (Lipinski definition) is 1. The van der Waals surface area contributed by atoms with E-state index in [-0.39, 0.29) is 16.6 Å². The lowest BCUT2D eigenvalue weighted by Crippen LogP contribution is -2.16. The Morgan fingerprint density at radius 2 is 1.95 bits per heavy atom. The highest BCUT2D eigenvalue weighted by Gasteiger charge is 2.15. The minimum atomic E-state index is -0.413. The number of aromatic nitrogens is 4. The van der Waals surface area contributed by atoms with Gasteiger partial charge in [0.2, 0.25) is 0 Å². The second-order valence-electron chi connectivity index (χ2n) is 4.16. The van der Waals surface area contributed by atoms with E-state index in [1.807, 2.05) is 13.8 Å². The SMILES string of the molecule is CC(C)c1ncc(Cl)c(C(=O)Nc2cncnc2)n1. The van der Waals surface area contributed by atoms with E-state index in [1.54, 1.807) is 0 Å². The van der Waals surface area contributed by atoms with Gasteiger partial charge < -0.3 is 5.32 Å². The molecule has 2 heterocycles. The Kier molecular flexibility index (Phi) is 4.01. The van der Waals surface area contributed by atoms with Crippen LogP contribution in [-0.4, -0.2) is 25.8 Å². The summed E-state index contributed by atoms with van der Waals surface area (Å²) in [4.78, 5) is 27.9. The van der Waals surface area contributed by atoms with Crippen molar-refractivity contribution in [1.82, 2.24) is 19.9 Å². The molecule has 0 spiro atoms. The first-order valence-corrected chi connectivity index (χ1v) is 6.04. The van der Waals surface area contributed by atoms with Crippen LogP contribution < -0.4 is 5.32 Å². The third-order valence-electron chi connectivity index (χ3n) is 2.31. The molecular formula is C12H12ClN5O. The number of nitrogens with one attached hydrogen (secondary N) is 1. The first kappa shape index (κ1) is 13.4. The molecule has 1 N–H and O–H groups in total. The normalized spacial score (nSPS) is 10.5. The topological polar surface area (TPSA) is 80.7 Å². The summed E-state index contributed by atoms with van der Waals surface area (Å²) in [6, 6.07) is 0. The van der Waals surface area contributed by atoms with E-state index in [9.17, 15) is 4.79 Å². The Labute approximate surface area is 115 Å². The standard InChI is InChI=1S/C12H12ClN5O/c1-7(2)11-16-5-9(13)10(18-11)12(19)17-8-3-14-6-15-4-8/h3-7H,1-2H3,(H,17,19). The predicted octanol–water partition coefficient (Wildman–Crippen LogP) is 2.30. The van der Waals surface area contributed by atoms with Crippen LogP contribution in [0.25, 0.3) is 0 Å². The van der Waals surface area contributed by atoms with Crippen LogP contribution in [0.5, 0.6) is 0 Å². The van der Waals surface area contributed by atoms with Crippen molar-refractivity contribution in [2.24, 2.45) is 0 Å². The zero-order chi connectivity index (χ0) is 13.8. The maximum absolute atomic E-state index is 12.1. The first-order chi connectivity index (χ1) is 9.08. The van der Waals surface area contributed by atoms with Gasteiger partial charge in [-0.05, 0) is 0 Å². The van der Waals surface area contributed by atoms with Gasteiger partial charge in [0.1, 0.15) is 12.2 Å². The molecule has 1 amide bonds. The molecule has 2 aromatic rings. The monoisotopic (exact) mass is 277 g/mol. The molecule has 0 fully saturated rings. The lowest BCUT2D eigenvalue weighted by Gasteiger charge is -2.08. The molecule has 0 saturated heterocycles. The Morgan fingerprint density at radius 1 is 1.26 bits per heavy atom. The van der Waals surface area contributed by atoms with Crippen LogP contribution in [0.3, 0.4) is 0 Å². The van der Waals surface area contributed by atoms with Crippen LogP contribution in [0.4, 0.5) is 5.69 Å². The quantitative estimate of drug-likeness (QED) is 0.931. The molecule has 6 nitrogen and oxygen atoms in total. The Bertz CT molecular complexity index is 588. The van der Waals surface area contributed by atoms with Crippen LogP contribution in [0, 0.1) is 0 Å². The third kappa shape index (κ3) is 3.23. The number of amides is 1. The second kappa shape index (κ2) is 5.71. The Hall–Kier alpha value is -2.08. The molecule has 2 aromatic heterocycles. The number of anilines is 1. The van der Waals surface area contributed by atoms with E-state index in [1.165, 1.54) is 24.9 Å². The van der Waals surface area contributed by atoms with Gasteiger partial charge in [0.15, 0.2) is 5.69 Å². The predicted molar refractivity (Wildman–Crippen MR) is 71.1 cm³/mol. The molecule has 2 rings (SSSR count). The minimum absolute atomic E-state index is 0.115. The van der Waals surface area contributed by atoms with Crippen molar-refractivity contribution < 1.29 is 4.79 Å². The van der Waals surface area contributed by atoms with E-state index in [0.29, 0.717) is 11.5 Å². The lowest BCUT2D eigenvalue weighted by atomic mass is 10.2. The highest BCUT2D eigenvalue weighted by Crippen LogP contribution is 2.17. The lowest BCUT2D eigenvalue weighted by molar-refractivity contribution is 0.102. The summed E-state index contributed by atoms with van der Waals surface area (Å²) in [5.41, 5.74) is 0.623. The summed E-state index contributed by atoms with van der Waals surface area (Å²) in [6.45, 7) is 3.88. The van der Waals surface area contributed by atoms with Crippen LogP contribution in [-0.2, 0) is 0 Å². The molecule has 0 aliphatic rings. The molecule has 0 aliphatic heterocycles. The second-order valence-corrected chi connectivity index (χ2v) is 4.57. The van der Waals surface area contributed by atoms with Crippen molar-refractivity contribution in [2.45, 2.75) is 19.8 Å². The molecule has 0 radical (unpaired) electrons. The van der Waals surface area contributed by atoms with Crippen molar-refractivity contribution in [1.29, 1.82) is 0 Å². The third-order valence-corrected chi connectivity index (χ3v) is 2.59. The van der Waals surface area contributed by atoms with Crippen molar-refractivity contribution in [3.63, 3.8) is 0 Å². The number of rotatable bonds is 3. The van der Waals surface area contributed by atoms with Gasteiger partial charge in [0.25, 0.3) is 5.91 Å². The molecular weight excluding hydrogens is 266 g/mol. The van der Waals surface area contributed by atoms with Crippen LogP contribution >= 0.6 is 11.6 Å². The number of halogens is 1. The van der Waals surface area contributed by atoms with E-state index in [0.717, 1.165) is 0 Å². The average Bonchev–Trinajstić information content (AvgIpc) is 2.40. The van der Waals surface area contributed by atoms with Crippen LogP contribution in [0.2, 0.25) is 5.02 Å². The Balaban J connectivity index is 2.26. The molecule has 0 unspecified atom stereocenters. The molecule has 0 saturated carbocycles. The fraction of sp³-hybridized carbons (Fsp3) is 0.250. The van der Waals surface area contributed by atoms with Gasteiger partial charge in [-0.1, -0.05) is 25.4 Å². The van der Waals surface area contributed by atoms with E-state index < -0.39 is 5.91 Å². The average molecular weight is 278 g/mol. The highest BCUT2D eigenvalue weighted by molar-refractivity contribution is 6.33. The zero-order valence-electron chi connectivity index (χ0n) is 10.5. The Morgan fingerprint density at radius 3 is 2.58 bits per heavy atom. The molecule has 0 atom stereocenters. The van der Waals surface area contributed by atoms with Gasteiger partial charge in [-0.3, -0.25) is 4.79 Å².